The number of carboxylic acids is 1. The maximum Gasteiger partial charge on any atom is 0.303 e. The molecule has 162 valence electrons. The molecule has 6 heteroatoms. The number of carbonyl (C=O) groups is 1. The minimum absolute atomic E-state index is 0.0115. The number of hydrogen-bond donors (Lipinski definition) is 4. The molecule has 0 heterocycles. The molecule has 0 radical (unpaired) electrons. The Morgan fingerprint density at radius 3 is 2.31 bits per heavy atom. The van der Waals surface area contributed by atoms with Gasteiger partial charge in [0.05, 0.1) is 18.3 Å². The van der Waals surface area contributed by atoms with Crippen molar-refractivity contribution in [3.63, 3.8) is 0 Å². The summed E-state index contributed by atoms with van der Waals surface area (Å²) in [7, 11) is 0. The Bertz CT molecular complexity index is 645. The van der Waals surface area contributed by atoms with Crippen molar-refractivity contribution in [2.24, 2.45) is 11.8 Å². The Labute approximate surface area is 178 Å². The third kappa shape index (κ3) is 8.47. The fourth-order valence-corrected chi connectivity index (χ4v) is 4.37. The van der Waals surface area contributed by atoms with E-state index in [0.717, 1.165) is 31.2 Å². The van der Waals surface area contributed by atoms with Gasteiger partial charge in [-0.2, -0.15) is 0 Å². The molecule has 0 aromatic heterocycles. The lowest BCUT2D eigenvalue weighted by Crippen LogP contribution is -2.23. The predicted octanol–water partition coefficient (Wildman–Crippen LogP) is 4.28. The number of aliphatic hydroxyl groups is 3. The van der Waals surface area contributed by atoms with Gasteiger partial charge in [0.2, 0.25) is 0 Å². The number of halogens is 1. The molecular weight excluding hydrogens is 392 g/mol. The summed E-state index contributed by atoms with van der Waals surface area (Å²) in [6, 6.07) is 7.37. The molecule has 2 rings (SSSR count). The summed E-state index contributed by atoms with van der Waals surface area (Å²) in [5.41, 5.74) is 0.963. The Morgan fingerprint density at radius 2 is 1.66 bits per heavy atom. The van der Waals surface area contributed by atoms with Crippen molar-refractivity contribution in [2.75, 3.05) is 0 Å². The molecule has 4 N–H and O–H groups in total. The van der Waals surface area contributed by atoms with E-state index < -0.39 is 24.3 Å². The van der Waals surface area contributed by atoms with Gasteiger partial charge in [0.15, 0.2) is 0 Å². The number of aliphatic carboxylic acids is 1. The summed E-state index contributed by atoms with van der Waals surface area (Å²) in [4.78, 5) is 10.5. The highest BCUT2D eigenvalue weighted by Crippen LogP contribution is 2.39. The van der Waals surface area contributed by atoms with Crippen molar-refractivity contribution >= 4 is 23.6 Å². The zero-order chi connectivity index (χ0) is 21.2. The van der Waals surface area contributed by atoms with Crippen LogP contribution in [-0.2, 0) is 4.79 Å². The maximum atomic E-state index is 10.5. The summed E-state index contributed by atoms with van der Waals surface area (Å²) in [5.74, 6) is -0.734. The zero-order valence-electron chi connectivity index (χ0n) is 16.8. The van der Waals surface area contributed by atoms with Gasteiger partial charge >= 0.3 is 5.97 Å². The predicted molar refractivity (Wildman–Crippen MR) is 115 cm³/mol. The van der Waals surface area contributed by atoms with Crippen LogP contribution in [0.4, 0.5) is 0 Å². The van der Waals surface area contributed by atoms with Gasteiger partial charge in [0.1, 0.15) is 0 Å². The van der Waals surface area contributed by atoms with Crippen LogP contribution in [0.2, 0.25) is 5.02 Å². The van der Waals surface area contributed by atoms with Gasteiger partial charge in [0, 0.05) is 11.4 Å². The van der Waals surface area contributed by atoms with Crippen LogP contribution in [0.5, 0.6) is 0 Å². The van der Waals surface area contributed by atoms with E-state index in [1.807, 2.05) is 18.2 Å². The molecule has 1 aliphatic carbocycles. The van der Waals surface area contributed by atoms with E-state index in [1.165, 1.54) is 0 Å². The fraction of sp³-hybridized carbons (Fsp3) is 0.609. The van der Waals surface area contributed by atoms with Crippen molar-refractivity contribution in [1.29, 1.82) is 0 Å². The molecule has 0 spiro atoms. The molecule has 1 aromatic rings. The maximum absolute atomic E-state index is 10.5. The molecule has 5 atom stereocenters. The van der Waals surface area contributed by atoms with Gasteiger partial charge in [-0.3, -0.25) is 4.79 Å². The normalized spacial score (nSPS) is 25.5. The monoisotopic (exact) mass is 424 g/mol. The van der Waals surface area contributed by atoms with Gasteiger partial charge in [-0.25, -0.2) is 0 Å². The van der Waals surface area contributed by atoms with E-state index in [2.05, 4.69) is 0 Å². The largest absolute Gasteiger partial charge is 0.481 e. The Balaban J connectivity index is 1.75. The second-order valence-corrected chi connectivity index (χ2v) is 8.54. The van der Waals surface area contributed by atoms with Gasteiger partial charge in [0.25, 0.3) is 0 Å². The van der Waals surface area contributed by atoms with Gasteiger partial charge in [-0.05, 0) is 61.6 Å². The summed E-state index contributed by atoms with van der Waals surface area (Å²) >= 11 is 5.87. The van der Waals surface area contributed by atoms with Gasteiger partial charge in [-0.15, -0.1) is 0 Å². The summed E-state index contributed by atoms with van der Waals surface area (Å²) in [5, 5.41) is 40.3. The smallest absolute Gasteiger partial charge is 0.303 e. The first-order chi connectivity index (χ1) is 13.9. The number of carboxylic acid groups (broad SMARTS) is 1. The van der Waals surface area contributed by atoms with Crippen LogP contribution >= 0.6 is 11.6 Å². The van der Waals surface area contributed by atoms with Crippen molar-refractivity contribution < 1.29 is 25.2 Å². The molecule has 29 heavy (non-hydrogen) atoms. The van der Waals surface area contributed by atoms with E-state index in [-0.39, 0.29) is 18.3 Å². The summed E-state index contributed by atoms with van der Waals surface area (Å²) in [6.45, 7) is 0. The first-order valence-corrected chi connectivity index (χ1v) is 10.9. The number of rotatable bonds is 12. The molecule has 0 saturated heterocycles. The SMILES string of the molecule is O=C(O)CCCCCC[C@@H]1[C@@H](CCC(O)C=Cc2ccc(Cl)cc2)[C@H](O)C[C@@H]1O. The standard InChI is InChI=1S/C23H33ClO5/c24-17-10-7-16(8-11-17)9-12-18(25)13-14-20-19(21(26)15-22(20)27)5-3-1-2-4-6-23(28)29/h7-12,18-22,25-27H,1-6,13-15H2,(H,28,29)/t18?,19-,20-,21+,22-/m1/s1. The second-order valence-electron chi connectivity index (χ2n) is 8.10. The number of hydrogen-bond acceptors (Lipinski definition) is 4. The van der Waals surface area contributed by atoms with Crippen molar-refractivity contribution in [3.05, 3.63) is 40.9 Å². The number of aliphatic hydroxyl groups excluding tert-OH is 3. The Morgan fingerprint density at radius 1 is 1.03 bits per heavy atom. The van der Waals surface area contributed by atoms with Crippen LogP contribution in [0.25, 0.3) is 6.08 Å². The van der Waals surface area contributed by atoms with Crippen LogP contribution in [0.3, 0.4) is 0 Å². The molecule has 0 aliphatic heterocycles. The van der Waals surface area contributed by atoms with E-state index in [9.17, 15) is 20.1 Å². The number of benzene rings is 1. The van der Waals surface area contributed by atoms with Crippen LogP contribution in [-0.4, -0.2) is 44.7 Å². The highest BCUT2D eigenvalue weighted by molar-refractivity contribution is 6.30. The second kappa shape index (κ2) is 12.3. The molecule has 1 aromatic carbocycles. The molecule has 5 nitrogen and oxygen atoms in total. The quantitative estimate of drug-likeness (QED) is 0.375. The minimum atomic E-state index is -0.761. The lowest BCUT2D eigenvalue weighted by Gasteiger charge is -2.24. The molecule has 0 amide bonds. The molecular formula is C23H33ClO5. The highest BCUT2D eigenvalue weighted by atomic mass is 35.5. The third-order valence-electron chi connectivity index (χ3n) is 5.88. The van der Waals surface area contributed by atoms with E-state index in [0.29, 0.717) is 30.7 Å². The topological polar surface area (TPSA) is 98.0 Å². The number of unbranched alkanes of at least 4 members (excludes halogenated alkanes) is 3. The minimum Gasteiger partial charge on any atom is -0.481 e. The van der Waals surface area contributed by atoms with E-state index in [1.54, 1.807) is 18.2 Å². The first kappa shape index (κ1) is 23.9. The molecule has 1 unspecified atom stereocenters. The average Bonchev–Trinajstić information content (AvgIpc) is 2.94. The average molecular weight is 425 g/mol. The zero-order valence-corrected chi connectivity index (χ0v) is 17.5. The van der Waals surface area contributed by atoms with E-state index >= 15 is 0 Å². The van der Waals surface area contributed by atoms with E-state index in [4.69, 9.17) is 16.7 Å². The molecule has 1 aliphatic rings. The van der Waals surface area contributed by atoms with Gasteiger partial charge < -0.3 is 20.4 Å². The lowest BCUT2D eigenvalue weighted by atomic mass is 9.85. The lowest BCUT2D eigenvalue weighted by molar-refractivity contribution is -0.137. The van der Waals surface area contributed by atoms with Crippen LogP contribution in [0.15, 0.2) is 30.3 Å². The Hall–Kier alpha value is -1.40. The van der Waals surface area contributed by atoms with Crippen molar-refractivity contribution in [1.82, 2.24) is 0 Å². The highest BCUT2D eigenvalue weighted by Gasteiger charge is 2.40. The van der Waals surface area contributed by atoms with Crippen LogP contribution in [0, 0.1) is 11.8 Å². The molecule has 1 saturated carbocycles. The fourth-order valence-electron chi connectivity index (χ4n) is 4.25. The Kier molecular flexibility index (Phi) is 10.2. The summed E-state index contributed by atoms with van der Waals surface area (Å²) in [6.07, 6.45) is 7.99. The van der Waals surface area contributed by atoms with Crippen LogP contribution in [0.1, 0.15) is 63.4 Å². The van der Waals surface area contributed by atoms with Crippen molar-refractivity contribution in [3.8, 4) is 0 Å². The van der Waals surface area contributed by atoms with Crippen LogP contribution < -0.4 is 0 Å². The first-order valence-electron chi connectivity index (χ1n) is 10.6. The molecule has 1 fully saturated rings. The van der Waals surface area contributed by atoms with Gasteiger partial charge in [-0.1, -0.05) is 55.1 Å². The summed E-state index contributed by atoms with van der Waals surface area (Å²) < 4.78 is 0. The molecule has 0 bridgehead atoms. The third-order valence-corrected chi connectivity index (χ3v) is 6.13. The van der Waals surface area contributed by atoms with Crippen molar-refractivity contribution in [2.45, 2.75) is 76.1 Å².